The number of rotatable bonds is 6. The third kappa shape index (κ3) is 3.70. The van der Waals surface area contributed by atoms with E-state index in [1.54, 1.807) is 0 Å². The Hall–Kier alpha value is 0.0569. The number of methoxy groups -OCH3 is 2. The topological polar surface area (TPSA) is 36.9 Å². The fraction of sp³-hybridized carbons (Fsp3) is 1.00. The van der Waals surface area contributed by atoms with Crippen molar-refractivity contribution in [3.05, 3.63) is 0 Å². The molecule has 5 heteroatoms. The molecule has 0 aromatic heterocycles. The lowest BCUT2D eigenvalue weighted by Crippen LogP contribution is -2.48. The first-order valence-corrected chi connectivity index (χ1v) is 9.83. The molecule has 0 bridgehead atoms. The van der Waals surface area contributed by atoms with E-state index in [4.69, 9.17) is 18.3 Å². The Labute approximate surface area is 131 Å². The lowest BCUT2D eigenvalue weighted by Gasteiger charge is -2.49. The number of ether oxygens (including phenoxy) is 2. The summed E-state index contributed by atoms with van der Waals surface area (Å²) in [6.45, 7) is 0. The zero-order valence-electron chi connectivity index (χ0n) is 14.1. The van der Waals surface area contributed by atoms with Gasteiger partial charge >= 0.3 is 9.28 Å². The molecule has 0 spiro atoms. The molecule has 0 heterocycles. The van der Waals surface area contributed by atoms with Crippen LogP contribution >= 0.6 is 0 Å². The third-order valence-electron chi connectivity index (χ3n) is 5.78. The van der Waals surface area contributed by atoms with E-state index >= 15 is 0 Å². The highest BCUT2D eigenvalue weighted by Crippen LogP contribution is 2.56. The first-order valence-electron chi connectivity index (χ1n) is 8.31. The van der Waals surface area contributed by atoms with E-state index in [0.29, 0.717) is 18.1 Å². The molecule has 124 valence electrons. The van der Waals surface area contributed by atoms with Gasteiger partial charge in [-0.15, -0.1) is 0 Å². The summed E-state index contributed by atoms with van der Waals surface area (Å²) in [7, 11) is 5.66. The maximum Gasteiger partial charge on any atom is 0.327 e. The smallest absolute Gasteiger partial charge is 0.327 e. The molecular formula is C16H32O4Si. The van der Waals surface area contributed by atoms with E-state index in [1.807, 2.05) is 28.4 Å². The minimum Gasteiger partial charge on any atom is -0.400 e. The normalized spacial score (nSPS) is 33.3. The van der Waals surface area contributed by atoms with Crippen molar-refractivity contribution in [2.24, 2.45) is 5.92 Å². The highest BCUT2D eigenvalue weighted by Gasteiger charge is 2.51. The molecule has 0 radical (unpaired) electrons. The van der Waals surface area contributed by atoms with Crippen LogP contribution in [0.3, 0.4) is 0 Å². The highest BCUT2D eigenvalue weighted by molar-refractivity contribution is 6.48. The standard InChI is InChI=1S/C16H32O4Si/c1-17-14-10-13(11-15(12-14)18-2)16(21(19-3)20-4)8-6-5-7-9-16/h13-15,21H,5-12H2,1-4H3. The molecule has 4 nitrogen and oxygen atoms in total. The fourth-order valence-electron chi connectivity index (χ4n) is 4.68. The molecule has 2 aliphatic rings. The summed E-state index contributed by atoms with van der Waals surface area (Å²) in [4.78, 5) is 0. The van der Waals surface area contributed by atoms with E-state index in [9.17, 15) is 0 Å². The van der Waals surface area contributed by atoms with Crippen LogP contribution in [0.4, 0.5) is 0 Å². The molecule has 2 saturated carbocycles. The molecule has 2 unspecified atom stereocenters. The van der Waals surface area contributed by atoms with Gasteiger partial charge in [-0.05, 0) is 38.0 Å². The van der Waals surface area contributed by atoms with Crippen molar-refractivity contribution in [2.75, 3.05) is 28.4 Å². The van der Waals surface area contributed by atoms with Gasteiger partial charge < -0.3 is 18.3 Å². The summed E-state index contributed by atoms with van der Waals surface area (Å²) in [6, 6.07) is 0. The van der Waals surface area contributed by atoms with Crippen LogP contribution in [0.5, 0.6) is 0 Å². The van der Waals surface area contributed by atoms with E-state index in [1.165, 1.54) is 32.1 Å². The molecule has 2 atom stereocenters. The van der Waals surface area contributed by atoms with Crippen molar-refractivity contribution in [2.45, 2.75) is 68.6 Å². The van der Waals surface area contributed by atoms with Crippen molar-refractivity contribution in [1.29, 1.82) is 0 Å². The molecule has 21 heavy (non-hydrogen) atoms. The summed E-state index contributed by atoms with van der Waals surface area (Å²) >= 11 is 0. The van der Waals surface area contributed by atoms with Gasteiger partial charge in [0.15, 0.2) is 0 Å². The largest absolute Gasteiger partial charge is 0.400 e. The summed E-state index contributed by atoms with van der Waals surface area (Å²) < 4.78 is 23.1. The maximum atomic E-state index is 5.87. The second-order valence-corrected chi connectivity index (χ2v) is 9.47. The van der Waals surface area contributed by atoms with Gasteiger partial charge in [-0.25, -0.2) is 0 Å². The molecule has 0 N–H and O–H groups in total. The summed E-state index contributed by atoms with van der Waals surface area (Å²) in [5, 5.41) is 0.260. The molecular weight excluding hydrogens is 284 g/mol. The van der Waals surface area contributed by atoms with Crippen LogP contribution in [0.25, 0.3) is 0 Å². The van der Waals surface area contributed by atoms with E-state index in [-0.39, 0.29) is 5.04 Å². The Morgan fingerprint density at radius 2 is 1.29 bits per heavy atom. The summed E-state index contributed by atoms with van der Waals surface area (Å²) in [5.74, 6) is 0.609. The Bertz CT molecular complexity index is 291. The van der Waals surface area contributed by atoms with Crippen LogP contribution < -0.4 is 0 Å². The predicted molar refractivity (Wildman–Crippen MR) is 85.9 cm³/mol. The minimum absolute atomic E-state index is 0.260. The van der Waals surface area contributed by atoms with Crippen molar-refractivity contribution >= 4 is 9.28 Å². The van der Waals surface area contributed by atoms with E-state index in [2.05, 4.69) is 0 Å². The molecule has 2 aliphatic carbocycles. The third-order valence-corrected chi connectivity index (χ3v) is 8.63. The molecule has 0 aliphatic heterocycles. The average Bonchev–Trinajstić information content (AvgIpc) is 2.56. The number of hydrogen-bond acceptors (Lipinski definition) is 4. The maximum absolute atomic E-state index is 5.87. The van der Waals surface area contributed by atoms with Gasteiger partial charge in [-0.2, -0.15) is 0 Å². The summed E-state index contributed by atoms with van der Waals surface area (Å²) in [6.07, 6.45) is 10.4. The Kier molecular flexibility index (Phi) is 6.68. The first kappa shape index (κ1) is 17.4. The second-order valence-electron chi connectivity index (χ2n) is 6.72. The van der Waals surface area contributed by atoms with Crippen LogP contribution in [-0.2, 0) is 18.3 Å². The molecule has 2 fully saturated rings. The fourth-order valence-corrected chi connectivity index (χ4v) is 7.35. The Morgan fingerprint density at radius 3 is 1.71 bits per heavy atom. The predicted octanol–water partition coefficient (Wildman–Crippen LogP) is 3.03. The Balaban J connectivity index is 2.22. The van der Waals surface area contributed by atoms with Crippen LogP contribution in [-0.4, -0.2) is 49.9 Å². The lowest BCUT2D eigenvalue weighted by atomic mass is 9.71. The van der Waals surface area contributed by atoms with Gasteiger partial charge in [-0.1, -0.05) is 19.3 Å². The zero-order valence-corrected chi connectivity index (χ0v) is 15.3. The van der Waals surface area contributed by atoms with Crippen molar-refractivity contribution < 1.29 is 18.3 Å². The minimum atomic E-state index is -1.67. The first-order chi connectivity index (χ1) is 10.2. The van der Waals surface area contributed by atoms with Crippen LogP contribution in [0, 0.1) is 5.92 Å². The van der Waals surface area contributed by atoms with Gasteiger partial charge in [-0.3, -0.25) is 0 Å². The highest BCUT2D eigenvalue weighted by atomic mass is 28.3. The van der Waals surface area contributed by atoms with Gasteiger partial charge in [0.1, 0.15) is 0 Å². The van der Waals surface area contributed by atoms with Crippen molar-refractivity contribution in [3.63, 3.8) is 0 Å². The van der Waals surface area contributed by atoms with Crippen LogP contribution in [0.2, 0.25) is 5.04 Å². The molecule has 0 aromatic carbocycles. The zero-order chi connectivity index (χ0) is 15.3. The summed E-state index contributed by atoms with van der Waals surface area (Å²) in [5.41, 5.74) is 0. The van der Waals surface area contributed by atoms with Crippen LogP contribution in [0.15, 0.2) is 0 Å². The van der Waals surface area contributed by atoms with E-state index in [0.717, 1.165) is 19.3 Å². The number of hydrogen-bond donors (Lipinski definition) is 0. The van der Waals surface area contributed by atoms with Crippen LogP contribution in [0.1, 0.15) is 51.4 Å². The molecule has 0 aromatic rings. The Morgan fingerprint density at radius 1 is 0.762 bits per heavy atom. The van der Waals surface area contributed by atoms with Gasteiger partial charge in [0.05, 0.1) is 12.2 Å². The van der Waals surface area contributed by atoms with Gasteiger partial charge in [0.2, 0.25) is 0 Å². The average molecular weight is 317 g/mol. The van der Waals surface area contributed by atoms with Gasteiger partial charge in [0, 0.05) is 33.5 Å². The monoisotopic (exact) mass is 316 g/mol. The quantitative estimate of drug-likeness (QED) is 0.706. The van der Waals surface area contributed by atoms with Crippen molar-refractivity contribution in [3.8, 4) is 0 Å². The van der Waals surface area contributed by atoms with Gasteiger partial charge in [0.25, 0.3) is 0 Å². The molecule has 0 amide bonds. The van der Waals surface area contributed by atoms with Crippen molar-refractivity contribution in [1.82, 2.24) is 0 Å². The second kappa shape index (κ2) is 8.06. The SMILES string of the molecule is COC1CC(OC)CC(C2([SiH](OC)OC)CCCCC2)C1. The lowest BCUT2D eigenvalue weighted by molar-refractivity contribution is -0.0455. The molecule has 2 rings (SSSR count). The molecule has 0 saturated heterocycles. The van der Waals surface area contributed by atoms with E-state index < -0.39 is 9.28 Å².